The summed E-state index contributed by atoms with van der Waals surface area (Å²) < 4.78 is 6.51. The Bertz CT molecular complexity index is 374. The lowest BCUT2D eigenvalue weighted by Gasteiger charge is -2.23. The van der Waals surface area contributed by atoms with Gasteiger partial charge in [0.1, 0.15) is 6.54 Å². The van der Waals surface area contributed by atoms with Crippen molar-refractivity contribution in [3.8, 4) is 0 Å². The number of nitrogen functional groups attached to an aromatic ring is 2. The number of anilines is 2. The van der Waals surface area contributed by atoms with E-state index >= 15 is 0 Å². The maximum Gasteiger partial charge on any atom is 0.102 e. The van der Waals surface area contributed by atoms with Crippen LogP contribution in [0, 0.1) is 0 Å². The average Bonchev–Trinajstić information content (AvgIpc) is 2.24. The van der Waals surface area contributed by atoms with Crippen molar-refractivity contribution < 1.29 is 9.22 Å². The van der Waals surface area contributed by atoms with E-state index in [-0.39, 0.29) is 0 Å². The quantitative estimate of drug-likeness (QED) is 0.559. The smallest absolute Gasteiger partial charge is 0.102 e. The van der Waals surface area contributed by atoms with Crippen LogP contribution in [-0.2, 0) is 11.2 Å². The summed E-state index contributed by atoms with van der Waals surface area (Å²) in [5.41, 5.74) is 13.6. The number of nitrogens with two attached hydrogens (primary N) is 2. The zero-order valence-electron chi connectivity index (χ0n) is 11.6. The Labute approximate surface area is 109 Å². The van der Waals surface area contributed by atoms with Crippen molar-refractivity contribution in [3.63, 3.8) is 0 Å². The standard InChI is InChI=1S/C13H25N4O/c1-17(2,3)6-8-18-7-4-5-13-12(15)9-11(14)10-16-13/h9-10H,4-8,14-15H2,1-3H3/q+1. The molecule has 18 heavy (non-hydrogen) atoms. The van der Waals surface area contributed by atoms with Gasteiger partial charge >= 0.3 is 0 Å². The highest BCUT2D eigenvalue weighted by Crippen LogP contribution is 2.13. The number of quaternary nitrogens is 1. The summed E-state index contributed by atoms with van der Waals surface area (Å²) in [5.74, 6) is 0. The number of likely N-dealkylation sites (N-methyl/N-ethyl adjacent to an activating group) is 1. The zero-order chi connectivity index (χ0) is 13.6. The summed E-state index contributed by atoms with van der Waals surface area (Å²) in [5, 5.41) is 0. The fourth-order valence-corrected chi connectivity index (χ4v) is 1.52. The number of hydrogen-bond acceptors (Lipinski definition) is 4. The molecule has 0 fully saturated rings. The molecule has 102 valence electrons. The molecule has 4 N–H and O–H groups in total. The fourth-order valence-electron chi connectivity index (χ4n) is 1.52. The van der Waals surface area contributed by atoms with Gasteiger partial charge in [0, 0.05) is 6.61 Å². The lowest BCUT2D eigenvalue weighted by molar-refractivity contribution is -0.870. The Morgan fingerprint density at radius 2 is 1.94 bits per heavy atom. The molecule has 1 aromatic rings. The second-order valence-electron chi connectivity index (χ2n) is 5.53. The molecule has 0 aromatic carbocycles. The minimum absolute atomic E-state index is 0.607. The van der Waals surface area contributed by atoms with Crippen molar-refractivity contribution in [1.82, 2.24) is 4.98 Å². The van der Waals surface area contributed by atoms with E-state index in [9.17, 15) is 0 Å². The molecule has 0 aliphatic heterocycles. The van der Waals surface area contributed by atoms with Crippen molar-refractivity contribution in [2.45, 2.75) is 12.8 Å². The van der Waals surface area contributed by atoms with Crippen molar-refractivity contribution >= 4 is 11.4 Å². The van der Waals surface area contributed by atoms with Gasteiger partial charge in [-0.1, -0.05) is 0 Å². The van der Waals surface area contributed by atoms with Gasteiger partial charge in [-0.25, -0.2) is 0 Å². The molecule has 0 saturated heterocycles. The minimum atomic E-state index is 0.607. The molecule has 0 radical (unpaired) electrons. The highest BCUT2D eigenvalue weighted by Gasteiger charge is 2.06. The maximum absolute atomic E-state index is 5.83. The van der Waals surface area contributed by atoms with E-state index in [2.05, 4.69) is 26.1 Å². The predicted molar refractivity (Wildman–Crippen MR) is 75.1 cm³/mol. The van der Waals surface area contributed by atoms with E-state index in [1.165, 1.54) is 0 Å². The molecular formula is C13H25N4O+. The molecular weight excluding hydrogens is 228 g/mol. The molecule has 0 aliphatic rings. The Balaban J connectivity index is 2.18. The first-order valence-corrected chi connectivity index (χ1v) is 6.26. The van der Waals surface area contributed by atoms with Gasteiger partial charge < -0.3 is 20.7 Å². The Morgan fingerprint density at radius 3 is 2.56 bits per heavy atom. The van der Waals surface area contributed by atoms with Crippen molar-refractivity contribution in [2.75, 3.05) is 52.4 Å². The lowest BCUT2D eigenvalue weighted by atomic mass is 10.2. The molecule has 0 saturated carbocycles. The van der Waals surface area contributed by atoms with Crippen LogP contribution in [0.4, 0.5) is 11.4 Å². The third-order valence-corrected chi connectivity index (χ3v) is 2.63. The van der Waals surface area contributed by atoms with Gasteiger partial charge in [-0.05, 0) is 18.9 Å². The molecule has 0 bridgehead atoms. The van der Waals surface area contributed by atoms with Gasteiger partial charge in [0.05, 0.1) is 51.0 Å². The maximum atomic E-state index is 5.83. The Hall–Kier alpha value is -1.33. The molecule has 5 heteroatoms. The topological polar surface area (TPSA) is 74.2 Å². The van der Waals surface area contributed by atoms with Crippen LogP contribution in [0.15, 0.2) is 12.3 Å². The zero-order valence-corrected chi connectivity index (χ0v) is 11.6. The molecule has 1 aromatic heterocycles. The van der Waals surface area contributed by atoms with Gasteiger partial charge in [0.25, 0.3) is 0 Å². The van der Waals surface area contributed by atoms with Crippen LogP contribution >= 0.6 is 0 Å². The number of ether oxygens (including phenoxy) is 1. The number of hydrogen-bond donors (Lipinski definition) is 2. The second kappa shape index (κ2) is 6.56. The van der Waals surface area contributed by atoms with Gasteiger partial charge in [-0.3, -0.25) is 4.98 Å². The van der Waals surface area contributed by atoms with Gasteiger partial charge in [0.2, 0.25) is 0 Å². The molecule has 0 amide bonds. The van der Waals surface area contributed by atoms with Crippen LogP contribution < -0.4 is 11.5 Å². The first-order valence-electron chi connectivity index (χ1n) is 6.26. The van der Waals surface area contributed by atoms with Crippen LogP contribution in [0.25, 0.3) is 0 Å². The molecule has 0 spiro atoms. The van der Waals surface area contributed by atoms with Crippen LogP contribution in [0.5, 0.6) is 0 Å². The lowest BCUT2D eigenvalue weighted by Crippen LogP contribution is -2.37. The molecule has 1 heterocycles. The van der Waals surface area contributed by atoms with E-state index in [1.807, 2.05) is 0 Å². The van der Waals surface area contributed by atoms with Crippen molar-refractivity contribution in [1.29, 1.82) is 0 Å². The number of nitrogens with zero attached hydrogens (tertiary/aromatic N) is 2. The van der Waals surface area contributed by atoms with E-state index < -0.39 is 0 Å². The SMILES string of the molecule is C[N+](C)(C)CCOCCCc1ncc(N)cc1N. The van der Waals surface area contributed by atoms with Gasteiger partial charge in [-0.2, -0.15) is 0 Å². The van der Waals surface area contributed by atoms with E-state index in [1.54, 1.807) is 12.3 Å². The number of aryl methyl sites for hydroxylation is 1. The minimum Gasteiger partial charge on any atom is -0.397 e. The second-order valence-corrected chi connectivity index (χ2v) is 5.53. The summed E-state index contributed by atoms with van der Waals surface area (Å²) in [6.45, 7) is 2.54. The predicted octanol–water partition coefficient (Wildman–Crippen LogP) is 0.901. The van der Waals surface area contributed by atoms with E-state index in [0.29, 0.717) is 11.4 Å². The van der Waals surface area contributed by atoms with Crippen molar-refractivity contribution in [2.24, 2.45) is 0 Å². The summed E-state index contributed by atoms with van der Waals surface area (Å²) in [6, 6.07) is 1.75. The monoisotopic (exact) mass is 253 g/mol. The van der Waals surface area contributed by atoms with Crippen LogP contribution in [-0.4, -0.2) is 50.4 Å². The largest absolute Gasteiger partial charge is 0.397 e. The molecule has 1 rings (SSSR count). The average molecular weight is 253 g/mol. The first kappa shape index (κ1) is 14.7. The number of rotatable bonds is 7. The van der Waals surface area contributed by atoms with Crippen LogP contribution in [0.3, 0.4) is 0 Å². The summed E-state index contributed by atoms with van der Waals surface area (Å²) in [6.07, 6.45) is 3.40. The fraction of sp³-hybridized carbons (Fsp3) is 0.615. The summed E-state index contributed by atoms with van der Waals surface area (Å²) in [4.78, 5) is 4.23. The third kappa shape index (κ3) is 5.84. The molecule has 0 unspecified atom stereocenters. The first-order chi connectivity index (χ1) is 8.38. The number of aromatic nitrogens is 1. The number of pyridine rings is 1. The van der Waals surface area contributed by atoms with Gasteiger partial charge in [0.15, 0.2) is 0 Å². The highest BCUT2D eigenvalue weighted by molar-refractivity contribution is 5.52. The Kier molecular flexibility index (Phi) is 5.37. The Morgan fingerprint density at radius 1 is 1.22 bits per heavy atom. The third-order valence-electron chi connectivity index (χ3n) is 2.63. The highest BCUT2D eigenvalue weighted by atomic mass is 16.5. The summed E-state index contributed by atoms with van der Waals surface area (Å²) in [7, 11) is 6.47. The normalized spacial score (nSPS) is 11.7. The molecule has 0 aliphatic carbocycles. The van der Waals surface area contributed by atoms with Crippen molar-refractivity contribution in [3.05, 3.63) is 18.0 Å². The van der Waals surface area contributed by atoms with Gasteiger partial charge in [-0.15, -0.1) is 0 Å². The molecule has 0 atom stereocenters. The van der Waals surface area contributed by atoms with Crippen LogP contribution in [0.1, 0.15) is 12.1 Å². The summed E-state index contributed by atoms with van der Waals surface area (Å²) >= 11 is 0. The molecule has 5 nitrogen and oxygen atoms in total. The van der Waals surface area contributed by atoms with E-state index in [4.69, 9.17) is 16.2 Å². The van der Waals surface area contributed by atoms with Crippen LogP contribution in [0.2, 0.25) is 0 Å². The van der Waals surface area contributed by atoms with E-state index in [0.717, 1.165) is 42.8 Å².